The molecule has 1 unspecified atom stereocenters. The lowest BCUT2D eigenvalue weighted by Crippen LogP contribution is -2.58. The number of ether oxygens (including phenoxy) is 1. The van der Waals surface area contributed by atoms with Gasteiger partial charge in [-0.25, -0.2) is 9.18 Å². The molecule has 7 nitrogen and oxygen atoms in total. The number of methoxy groups -OCH3 is 1. The topological polar surface area (TPSA) is 82.7 Å². The van der Waals surface area contributed by atoms with E-state index < -0.39 is 11.4 Å². The first kappa shape index (κ1) is 31.6. The fourth-order valence-electron chi connectivity index (χ4n) is 6.70. The first-order chi connectivity index (χ1) is 18.8. The molecule has 3 amide bonds. The average Bonchev–Trinajstić information content (AvgIpc) is 2.92. The molecule has 0 aromatic heterocycles. The van der Waals surface area contributed by atoms with Gasteiger partial charge in [-0.15, -0.1) is 0 Å². The molecular formula is C30H48ClFN4O3. The zero-order valence-corrected chi connectivity index (χ0v) is 24.8. The van der Waals surface area contributed by atoms with Gasteiger partial charge in [0.15, 0.2) is 0 Å². The Kier molecular flexibility index (Phi) is 12.8. The minimum absolute atomic E-state index is 0.0298. The highest BCUT2D eigenvalue weighted by atomic mass is 35.5. The number of hydrogen-bond acceptors (Lipinski definition) is 4. The standard InChI is InChI=1S/C30H48ClFN4O3/c1-22(37)35-30(16-7-8-18-39-3,26-14-9-15-27(31)28(26)32)24-13-10-17-36(21-24)29(38)34-25(20-33-2)19-23-11-5-4-6-12-23/h9,14-15,23-25,33H,4-8,10-13,16-21H2,1-3H3,(H,34,38)(H,35,37)/t24-,25?,30+/m1/s1. The van der Waals surface area contributed by atoms with E-state index >= 15 is 4.39 Å². The summed E-state index contributed by atoms with van der Waals surface area (Å²) in [4.78, 5) is 28.0. The molecule has 1 aromatic rings. The van der Waals surface area contributed by atoms with E-state index in [0.717, 1.165) is 38.6 Å². The fraction of sp³-hybridized carbons (Fsp3) is 0.733. The molecule has 39 heavy (non-hydrogen) atoms. The Morgan fingerprint density at radius 2 is 1.95 bits per heavy atom. The SMILES string of the molecule is CNCC(CC1CCCCC1)NC(=O)N1CCC[C@@H]([C@](CCCCOC)(NC(C)=O)c2cccc(Cl)c2F)C1. The van der Waals surface area contributed by atoms with Crippen LogP contribution in [0, 0.1) is 17.7 Å². The number of urea groups is 1. The number of nitrogens with zero attached hydrogens (tertiary/aromatic N) is 1. The summed E-state index contributed by atoms with van der Waals surface area (Å²) in [6.45, 7) is 3.84. The quantitative estimate of drug-likeness (QED) is 0.271. The van der Waals surface area contributed by atoms with Crippen LogP contribution in [0.1, 0.15) is 83.1 Å². The van der Waals surface area contributed by atoms with E-state index in [1.54, 1.807) is 19.2 Å². The van der Waals surface area contributed by atoms with Gasteiger partial charge in [0.1, 0.15) is 5.82 Å². The van der Waals surface area contributed by atoms with Crippen molar-refractivity contribution in [2.45, 2.75) is 89.1 Å². The summed E-state index contributed by atoms with van der Waals surface area (Å²) < 4.78 is 20.8. The van der Waals surface area contributed by atoms with Gasteiger partial charge in [-0.3, -0.25) is 4.79 Å². The van der Waals surface area contributed by atoms with Crippen LogP contribution >= 0.6 is 11.6 Å². The van der Waals surface area contributed by atoms with E-state index in [9.17, 15) is 9.59 Å². The number of amides is 3. The van der Waals surface area contributed by atoms with Crippen molar-refractivity contribution in [3.63, 3.8) is 0 Å². The zero-order valence-electron chi connectivity index (χ0n) is 24.0. The monoisotopic (exact) mass is 566 g/mol. The van der Waals surface area contributed by atoms with Crippen molar-refractivity contribution in [2.75, 3.05) is 40.4 Å². The van der Waals surface area contributed by atoms with E-state index in [1.165, 1.54) is 45.1 Å². The molecule has 1 heterocycles. The van der Waals surface area contributed by atoms with Gasteiger partial charge in [-0.05, 0) is 57.6 Å². The van der Waals surface area contributed by atoms with Crippen LogP contribution in [0.3, 0.4) is 0 Å². The molecule has 2 fully saturated rings. The lowest BCUT2D eigenvalue weighted by molar-refractivity contribution is -0.122. The number of piperidine rings is 1. The van der Waals surface area contributed by atoms with Crippen LogP contribution in [0.2, 0.25) is 5.02 Å². The number of benzene rings is 1. The number of nitrogens with one attached hydrogen (secondary N) is 3. The number of unbranched alkanes of at least 4 members (excludes halogenated alkanes) is 1. The Morgan fingerprint density at radius 1 is 1.18 bits per heavy atom. The van der Waals surface area contributed by atoms with Gasteiger partial charge >= 0.3 is 6.03 Å². The summed E-state index contributed by atoms with van der Waals surface area (Å²) in [5.74, 6) is -0.263. The van der Waals surface area contributed by atoms with E-state index in [4.69, 9.17) is 16.3 Å². The van der Waals surface area contributed by atoms with Crippen molar-refractivity contribution in [1.82, 2.24) is 20.9 Å². The van der Waals surface area contributed by atoms with Crippen molar-refractivity contribution in [1.29, 1.82) is 0 Å². The highest BCUT2D eigenvalue weighted by molar-refractivity contribution is 6.30. The maximum atomic E-state index is 15.6. The van der Waals surface area contributed by atoms with E-state index in [1.807, 2.05) is 11.9 Å². The van der Waals surface area contributed by atoms with Crippen LogP contribution in [0.5, 0.6) is 0 Å². The second-order valence-corrected chi connectivity index (χ2v) is 11.8. The molecule has 9 heteroatoms. The van der Waals surface area contributed by atoms with Crippen molar-refractivity contribution >= 4 is 23.5 Å². The summed E-state index contributed by atoms with van der Waals surface area (Å²) in [5, 5.41) is 9.72. The van der Waals surface area contributed by atoms with E-state index in [0.29, 0.717) is 37.6 Å². The summed E-state index contributed by atoms with van der Waals surface area (Å²) in [6, 6.07) is 4.95. The number of rotatable bonds is 13. The molecule has 0 spiro atoms. The second kappa shape index (κ2) is 15.8. The van der Waals surface area contributed by atoms with Crippen LogP contribution < -0.4 is 16.0 Å². The number of halogens is 2. The lowest BCUT2D eigenvalue weighted by Gasteiger charge is -2.47. The van der Waals surface area contributed by atoms with E-state index in [-0.39, 0.29) is 28.9 Å². The molecule has 1 aliphatic heterocycles. The van der Waals surface area contributed by atoms with Gasteiger partial charge in [0.05, 0.1) is 10.6 Å². The van der Waals surface area contributed by atoms with Crippen LogP contribution in [0.25, 0.3) is 0 Å². The molecule has 1 aromatic carbocycles. The minimum Gasteiger partial charge on any atom is -0.385 e. The molecule has 3 atom stereocenters. The maximum Gasteiger partial charge on any atom is 0.317 e. The second-order valence-electron chi connectivity index (χ2n) is 11.4. The Labute approximate surface area is 238 Å². The summed E-state index contributed by atoms with van der Waals surface area (Å²) in [6.07, 6.45) is 10.9. The van der Waals surface area contributed by atoms with Gasteiger partial charge in [-0.2, -0.15) is 0 Å². The largest absolute Gasteiger partial charge is 0.385 e. The fourth-order valence-corrected chi connectivity index (χ4v) is 6.87. The van der Waals surface area contributed by atoms with Crippen LogP contribution in [-0.2, 0) is 15.1 Å². The number of carbonyl (C=O) groups excluding carboxylic acids is 2. The molecule has 2 aliphatic rings. The first-order valence-corrected chi connectivity index (χ1v) is 15.1. The Balaban J connectivity index is 1.83. The molecule has 1 aliphatic carbocycles. The molecule has 0 radical (unpaired) electrons. The summed E-state index contributed by atoms with van der Waals surface area (Å²) in [7, 11) is 3.58. The molecule has 1 saturated heterocycles. The summed E-state index contributed by atoms with van der Waals surface area (Å²) >= 11 is 6.24. The molecular weight excluding hydrogens is 519 g/mol. The van der Waals surface area contributed by atoms with Gasteiger partial charge in [0.2, 0.25) is 5.91 Å². The highest BCUT2D eigenvalue weighted by Crippen LogP contribution is 2.42. The zero-order chi connectivity index (χ0) is 28.3. The number of carbonyl (C=O) groups is 2. The Morgan fingerprint density at radius 3 is 2.64 bits per heavy atom. The predicted molar refractivity (Wildman–Crippen MR) is 154 cm³/mol. The third kappa shape index (κ3) is 8.79. The van der Waals surface area contributed by atoms with Crippen molar-refractivity contribution < 1.29 is 18.7 Å². The minimum atomic E-state index is -0.986. The third-order valence-electron chi connectivity index (χ3n) is 8.53. The van der Waals surface area contributed by atoms with Crippen LogP contribution in [0.15, 0.2) is 18.2 Å². The maximum absolute atomic E-state index is 15.6. The van der Waals surface area contributed by atoms with Crippen LogP contribution in [0.4, 0.5) is 9.18 Å². The number of likely N-dealkylation sites (N-methyl/N-ethyl adjacent to an activating group) is 1. The van der Waals surface area contributed by atoms with Crippen LogP contribution in [-0.4, -0.2) is 63.3 Å². The van der Waals surface area contributed by atoms with Crippen molar-refractivity contribution in [3.8, 4) is 0 Å². The van der Waals surface area contributed by atoms with Crippen molar-refractivity contribution in [3.05, 3.63) is 34.6 Å². The highest BCUT2D eigenvalue weighted by Gasteiger charge is 2.45. The van der Waals surface area contributed by atoms with Gasteiger partial charge in [-0.1, -0.05) is 55.8 Å². The number of likely N-dealkylation sites (tertiary alicyclic amines) is 1. The Bertz CT molecular complexity index is 929. The van der Waals surface area contributed by atoms with Gasteiger partial charge in [0, 0.05) is 57.8 Å². The smallest absolute Gasteiger partial charge is 0.317 e. The Hall–Kier alpha value is -1.90. The third-order valence-corrected chi connectivity index (χ3v) is 8.82. The van der Waals surface area contributed by atoms with Gasteiger partial charge in [0.25, 0.3) is 0 Å². The molecule has 3 rings (SSSR count). The normalized spacial score (nSPS) is 20.7. The molecule has 1 saturated carbocycles. The van der Waals surface area contributed by atoms with Crippen molar-refractivity contribution in [2.24, 2.45) is 11.8 Å². The number of hydrogen-bond donors (Lipinski definition) is 3. The average molecular weight is 567 g/mol. The molecule has 3 N–H and O–H groups in total. The summed E-state index contributed by atoms with van der Waals surface area (Å²) in [5.41, 5.74) is -0.597. The first-order valence-electron chi connectivity index (χ1n) is 14.7. The molecule has 220 valence electrons. The predicted octanol–water partition coefficient (Wildman–Crippen LogP) is 5.61. The lowest BCUT2D eigenvalue weighted by atomic mass is 9.71. The van der Waals surface area contributed by atoms with Gasteiger partial charge < -0.3 is 25.6 Å². The van der Waals surface area contributed by atoms with E-state index in [2.05, 4.69) is 16.0 Å². The molecule has 0 bridgehead atoms.